The summed E-state index contributed by atoms with van der Waals surface area (Å²) in [5, 5.41) is 6.49. The Balaban J connectivity index is 1.20. The van der Waals surface area contributed by atoms with Gasteiger partial charge in [-0.05, 0) is 64.7 Å². The number of rotatable bonds is 4. The predicted molar refractivity (Wildman–Crippen MR) is 213 cm³/mol. The van der Waals surface area contributed by atoms with Gasteiger partial charge in [-0.2, -0.15) is 0 Å². The molecule has 0 atom stereocenters. The van der Waals surface area contributed by atoms with Crippen LogP contribution in [0.2, 0.25) is 0 Å². The van der Waals surface area contributed by atoms with E-state index in [0.717, 1.165) is 110 Å². The van der Waals surface area contributed by atoms with E-state index in [0.29, 0.717) is 0 Å². The first kappa shape index (κ1) is 28.8. The van der Waals surface area contributed by atoms with Gasteiger partial charge in [0.15, 0.2) is 0 Å². The van der Waals surface area contributed by atoms with E-state index in [-0.39, 0.29) is 0 Å². The number of pyridine rings is 2. The summed E-state index contributed by atoms with van der Waals surface area (Å²) in [4.78, 5) is 10.7. The zero-order valence-electron chi connectivity index (χ0n) is 27.9. The summed E-state index contributed by atoms with van der Waals surface area (Å²) >= 11 is 0. The summed E-state index contributed by atoms with van der Waals surface area (Å²) in [7, 11) is 0. The van der Waals surface area contributed by atoms with Crippen molar-refractivity contribution in [3.05, 3.63) is 170 Å². The van der Waals surface area contributed by atoms with E-state index in [4.69, 9.17) is 18.8 Å². The quantitative estimate of drug-likeness (QED) is 0.176. The average molecular weight is 665 g/mol. The van der Waals surface area contributed by atoms with E-state index < -0.39 is 0 Å². The van der Waals surface area contributed by atoms with Gasteiger partial charge in [0.2, 0.25) is 0 Å². The van der Waals surface area contributed by atoms with Gasteiger partial charge in [-0.3, -0.25) is 0 Å². The lowest BCUT2D eigenvalue weighted by Gasteiger charge is -2.15. The second-order valence-electron chi connectivity index (χ2n) is 13.3. The summed E-state index contributed by atoms with van der Waals surface area (Å²) in [6.45, 7) is 0. The van der Waals surface area contributed by atoms with Gasteiger partial charge in [0, 0.05) is 43.4 Å². The lowest BCUT2D eigenvalue weighted by atomic mass is 9.89. The third kappa shape index (κ3) is 4.41. The summed E-state index contributed by atoms with van der Waals surface area (Å²) < 4.78 is 12.7. The van der Waals surface area contributed by atoms with Crippen LogP contribution in [0.5, 0.6) is 0 Å². The Morgan fingerprint density at radius 2 is 0.865 bits per heavy atom. The van der Waals surface area contributed by atoms with Crippen LogP contribution in [0.15, 0.2) is 179 Å². The molecule has 0 radical (unpaired) electrons. The fraction of sp³-hybridized carbons (Fsp3) is 0. The summed E-state index contributed by atoms with van der Waals surface area (Å²) in [5.74, 6) is 0. The molecule has 11 aromatic rings. The van der Waals surface area contributed by atoms with Gasteiger partial charge < -0.3 is 8.83 Å². The first-order valence-corrected chi connectivity index (χ1v) is 17.5. The Morgan fingerprint density at radius 3 is 1.56 bits per heavy atom. The molecule has 7 aromatic carbocycles. The standard InChI is InChI=1S/C48H28N2O2/c1-2-10-29(11-3-1)39-26-23-30-20-21-31-24-27-40(50-48(31)47(30)49-39)38-28-32(33-14-8-18-43-45(33)36-12-4-6-16-41(36)51-43)22-25-34(38)35-15-9-19-44-46(35)37-13-5-7-17-42(37)52-44/h1-28H. The Labute approximate surface area is 298 Å². The topological polar surface area (TPSA) is 52.1 Å². The normalized spacial score (nSPS) is 11.8. The number of nitrogens with zero attached hydrogens (tertiary/aromatic N) is 2. The van der Waals surface area contributed by atoms with Crippen LogP contribution < -0.4 is 0 Å². The molecule has 242 valence electrons. The van der Waals surface area contributed by atoms with Crippen molar-refractivity contribution in [1.29, 1.82) is 0 Å². The third-order valence-corrected chi connectivity index (χ3v) is 10.3. The highest BCUT2D eigenvalue weighted by molar-refractivity contribution is 6.15. The largest absolute Gasteiger partial charge is 0.456 e. The van der Waals surface area contributed by atoms with Crippen LogP contribution in [0.1, 0.15) is 0 Å². The van der Waals surface area contributed by atoms with Crippen molar-refractivity contribution in [2.75, 3.05) is 0 Å². The number of fused-ring (bicyclic) bond motifs is 9. The minimum Gasteiger partial charge on any atom is -0.456 e. The average Bonchev–Trinajstić information content (AvgIpc) is 3.79. The predicted octanol–water partition coefficient (Wildman–Crippen LogP) is 13.2. The lowest BCUT2D eigenvalue weighted by Crippen LogP contribution is -1.93. The number of para-hydroxylation sites is 2. The molecule has 0 aliphatic heterocycles. The highest BCUT2D eigenvalue weighted by Gasteiger charge is 2.19. The molecule has 0 spiro atoms. The molecule has 0 aliphatic carbocycles. The van der Waals surface area contributed by atoms with Gasteiger partial charge in [0.25, 0.3) is 0 Å². The third-order valence-electron chi connectivity index (χ3n) is 10.3. The van der Waals surface area contributed by atoms with Gasteiger partial charge in [-0.25, -0.2) is 9.97 Å². The lowest BCUT2D eigenvalue weighted by molar-refractivity contribution is 0.668. The van der Waals surface area contributed by atoms with E-state index in [9.17, 15) is 0 Å². The Bertz CT molecular complexity index is 3190. The molecule has 0 amide bonds. The first-order valence-electron chi connectivity index (χ1n) is 17.5. The molecule has 0 saturated heterocycles. The Kier molecular flexibility index (Phi) is 6.22. The molecule has 0 N–H and O–H groups in total. The number of hydrogen-bond donors (Lipinski definition) is 0. The van der Waals surface area contributed by atoms with Crippen LogP contribution in [0, 0.1) is 0 Å². The van der Waals surface area contributed by atoms with Gasteiger partial charge in [0.05, 0.1) is 22.4 Å². The molecule has 4 heteroatoms. The van der Waals surface area contributed by atoms with E-state index in [1.807, 2.05) is 54.6 Å². The fourth-order valence-electron chi connectivity index (χ4n) is 7.86. The minimum absolute atomic E-state index is 0.860. The zero-order chi connectivity index (χ0) is 34.2. The second kappa shape index (κ2) is 11.2. The number of hydrogen-bond acceptors (Lipinski definition) is 4. The molecule has 11 rings (SSSR count). The summed E-state index contributed by atoms with van der Waals surface area (Å²) in [6.07, 6.45) is 0. The molecule has 0 saturated carbocycles. The SMILES string of the molecule is c1ccc(-c2ccc3ccc4ccc(-c5cc(-c6cccc7oc8ccccc8c67)ccc5-c5cccc6oc7ccccc7c56)nc4c3n2)cc1. The van der Waals surface area contributed by atoms with Crippen LogP contribution >= 0.6 is 0 Å². The van der Waals surface area contributed by atoms with Crippen molar-refractivity contribution >= 4 is 65.7 Å². The van der Waals surface area contributed by atoms with Gasteiger partial charge >= 0.3 is 0 Å². The van der Waals surface area contributed by atoms with Crippen LogP contribution in [0.4, 0.5) is 0 Å². The van der Waals surface area contributed by atoms with Gasteiger partial charge in [0.1, 0.15) is 22.3 Å². The van der Waals surface area contributed by atoms with Crippen LogP contribution in [-0.2, 0) is 0 Å². The number of furan rings is 2. The maximum atomic E-state index is 6.35. The highest BCUT2D eigenvalue weighted by Crippen LogP contribution is 2.44. The van der Waals surface area contributed by atoms with E-state index >= 15 is 0 Å². The molecule has 4 aromatic heterocycles. The summed E-state index contributed by atoms with van der Waals surface area (Å²) in [5.41, 5.74) is 13.5. The molecule has 52 heavy (non-hydrogen) atoms. The first-order chi connectivity index (χ1) is 25.8. The molecular formula is C48H28N2O2. The zero-order valence-corrected chi connectivity index (χ0v) is 27.9. The highest BCUT2D eigenvalue weighted by atomic mass is 16.3. The number of aromatic nitrogens is 2. The van der Waals surface area contributed by atoms with Crippen LogP contribution in [0.25, 0.3) is 110 Å². The van der Waals surface area contributed by atoms with Crippen LogP contribution in [0.3, 0.4) is 0 Å². The molecular weight excluding hydrogens is 637 g/mol. The maximum absolute atomic E-state index is 6.35. The number of benzene rings is 7. The second-order valence-corrected chi connectivity index (χ2v) is 13.3. The van der Waals surface area contributed by atoms with Crippen molar-refractivity contribution in [2.24, 2.45) is 0 Å². The van der Waals surface area contributed by atoms with Gasteiger partial charge in [-0.1, -0.05) is 127 Å². The maximum Gasteiger partial charge on any atom is 0.136 e. The molecule has 0 aliphatic rings. The monoisotopic (exact) mass is 664 g/mol. The Morgan fingerprint density at radius 1 is 0.327 bits per heavy atom. The van der Waals surface area contributed by atoms with Crippen molar-refractivity contribution in [3.63, 3.8) is 0 Å². The molecule has 4 heterocycles. The van der Waals surface area contributed by atoms with Crippen molar-refractivity contribution in [2.45, 2.75) is 0 Å². The van der Waals surface area contributed by atoms with Crippen molar-refractivity contribution in [1.82, 2.24) is 9.97 Å². The molecule has 4 nitrogen and oxygen atoms in total. The molecule has 0 fully saturated rings. The summed E-state index contributed by atoms with van der Waals surface area (Å²) in [6, 6.07) is 59.0. The van der Waals surface area contributed by atoms with E-state index in [1.54, 1.807) is 0 Å². The van der Waals surface area contributed by atoms with E-state index in [2.05, 4.69) is 115 Å². The molecule has 0 unspecified atom stereocenters. The smallest absolute Gasteiger partial charge is 0.136 e. The molecule has 0 bridgehead atoms. The van der Waals surface area contributed by atoms with Crippen molar-refractivity contribution in [3.8, 4) is 44.8 Å². The van der Waals surface area contributed by atoms with Gasteiger partial charge in [-0.15, -0.1) is 0 Å². The minimum atomic E-state index is 0.860. The van der Waals surface area contributed by atoms with Crippen LogP contribution in [-0.4, -0.2) is 9.97 Å². The van der Waals surface area contributed by atoms with E-state index in [1.165, 1.54) is 0 Å². The van der Waals surface area contributed by atoms with Crippen molar-refractivity contribution < 1.29 is 8.83 Å². The Hall–Kier alpha value is -7.04. The fourth-order valence-corrected chi connectivity index (χ4v) is 7.86.